The van der Waals surface area contributed by atoms with Crippen LogP contribution in [-0.4, -0.2) is 25.2 Å². The second-order valence-corrected chi connectivity index (χ2v) is 8.42. The van der Waals surface area contributed by atoms with Gasteiger partial charge in [-0.05, 0) is 57.6 Å². The van der Waals surface area contributed by atoms with E-state index in [0.717, 1.165) is 44.1 Å². The van der Waals surface area contributed by atoms with Crippen LogP contribution in [0.4, 0.5) is 0 Å². The molecule has 0 unspecified atom stereocenters. The highest BCUT2D eigenvalue weighted by Crippen LogP contribution is 2.34. The van der Waals surface area contributed by atoms with Gasteiger partial charge in [0.15, 0.2) is 0 Å². The van der Waals surface area contributed by atoms with Crippen molar-refractivity contribution >= 4 is 5.91 Å². The number of hydrogen-bond acceptors (Lipinski definition) is 2. The Kier molecular flexibility index (Phi) is 4.63. The molecule has 0 N–H and O–H groups in total. The summed E-state index contributed by atoms with van der Waals surface area (Å²) in [4.78, 5) is 15.1. The average molecular weight is 354 g/mol. The first-order valence-corrected chi connectivity index (χ1v) is 10.0. The second-order valence-electron chi connectivity index (χ2n) is 8.42. The molecule has 140 valence electrons. The van der Waals surface area contributed by atoms with Gasteiger partial charge in [0.2, 0.25) is 5.91 Å². The molecular weight excluding hydrogens is 324 g/mol. The Balaban J connectivity index is 1.54. The molecule has 5 heteroatoms. The van der Waals surface area contributed by atoms with Crippen LogP contribution in [0.1, 0.15) is 69.4 Å². The minimum absolute atomic E-state index is 0.226. The average Bonchev–Trinajstić information content (AvgIpc) is 3.33. The van der Waals surface area contributed by atoms with E-state index in [9.17, 15) is 4.79 Å². The normalized spacial score (nSPS) is 22.8. The Labute approximate surface area is 156 Å². The van der Waals surface area contributed by atoms with Gasteiger partial charge in [0.05, 0.1) is 24.5 Å². The monoisotopic (exact) mass is 354 g/mol. The first-order valence-electron chi connectivity index (χ1n) is 10.0. The summed E-state index contributed by atoms with van der Waals surface area (Å²) in [6, 6.07) is 4.40. The summed E-state index contributed by atoms with van der Waals surface area (Å²) in [5.74, 6) is 1.36. The topological polar surface area (TPSA) is 43.1 Å². The molecule has 3 heterocycles. The molecule has 26 heavy (non-hydrogen) atoms. The Morgan fingerprint density at radius 3 is 2.50 bits per heavy atom. The Morgan fingerprint density at radius 1 is 1.15 bits per heavy atom. The number of amides is 1. The zero-order valence-electron chi connectivity index (χ0n) is 16.2. The van der Waals surface area contributed by atoms with Gasteiger partial charge in [-0.15, -0.1) is 0 Å². The lowest BCUT2D eigenvalue weighted by Gasteiger charge is -2.29. The van der Waals surface area contributed by atoms with E-state index in [1.54, 1.807) is 0 Å². The SMILES string of the molecule is CC1CCC(C(=O)N2Cc3c(Cn4cccc4)nn(C(C)C)c3C2)CC1. The van der Waals surface area contributed by atoms with Crippen molar-refractivity contribution in [3.63, 3.8) is 0 Å². The van der Waals surface area contributed by atoms with Crippen LogP contribution < -0.4 is 0 Å². The van der Waals surface area contributed by atoms with Crippen LogP contribution in [0.15, 0.2) is 24.5 Å². The zero-order chi connectivity index (χ0) is 18.3. The molecule has 0 aromatic carbocycles. The maximum Gasteiger partial charge on any atom is 0.226 e. The summed E-state index contributed by atoms with van der Waals surface area (Å²) in [7, 11) is 0. The van der Waals surface area contributed by atoms with E-state index in [2.05, 4.69) is 47.3 Å². The van der Waals surface area contributed by atoms with Crippen molar-refractivity contribution < 1.29 is 4.79 Å². The highest BCUT2D eigenvalue weighted by Gasteiger charge is 2.35. The molecule has 1 aliphatic carbocycles. The highest BCUT2D eigenvalue weighted by atomic mass is 16.2. The number of nitrogens with zero attached hydrogens (tertiary/aromatic N) is 4. The number of aromatic nitrogens is 3. The van der Waals surface area contributed by atoms with Gasteiger partial charge in [-0.2, -0.15) is 5.10 Å². The second kappa shape index (κ2) is 6.93. The summed E-state index contributed by atoms with van der Waals surface area (Å²) >= 11 is 0. The third kappa shape index (κ3) is 3.19. The van der Waals surface area contributed by atoms with Crippen molar-refractivity contribution in [1.82, 2.24) is 19.2 Å². The lowest BCUT2D eigenvalue weighted by Crippen LogP contribution is -2.34. The minimum Gasteiger partial charge on any atom is -0.348 e. The third-order valence-electron chi connectivity index (χ3n) is 6.06. The Bertz CT molecular complexity index is 766. The van der Waals surface area contributed by atoms with Crippen LogP contribution in [0.5, 0.6) is 0 Å². The van der Waals surface area contributed by atoms with Gasteiger partial charge in [0.1, 0.15) is 0 Å². The number of fused-ring (bicyclic) bond motifs is 1. The van der Waals surface area contributed by atoms with Crippen LogP contribution in [0, 0.1) is 11.8 Å². The van der Waals surface area contributed by atoms with Crippen LogP contribution >= 0.6 is 0 Å². The van der Waals surface area contributed by atoms with Crippen molar-refractivity contribution in [2.45, 2.75) is 72.1 Å². The third-order valence-corrected chi connectivity index (χ3v) is 6.06. The van der Waals surface area contributed by atoms with E-state index in [0.29, 0.717) is 11.9 Å². The quantitative estimate of drug-likeness (QED) is 0.833. The molecule has 0 bridgehead atoms. The Hall–Kier alpha value is -2.04. The summed E-state index contributed by atoms with van der Waals surface area (Å²) in [5.41, 5.74) is 3.61. The highest BCUT2D eigenvalue weighted by molar-refractivity contribution is 5.79. The van der Waals surface area contributed by atoms with Crippen molar-refractivity contribution in [3.8, 4) is 0 Å². The van der Waals surface area contributed by atoms with Crippen LogP contribution in [0.3, 0.4) is 0 Å². The first-order chi connectivity index (χ1) is 12.5. The van der Waals surface area contributed by atoms with Crippen LogP contribution in [0.2, 0.25) is 0 Å². The smallest absolute Gasteiger partial charge is 0.226 e. The molecule has 4 rings (SSSR count). The molecule has 0 saturated heterocycles. The predicted molar refractivity (Wildman–Crippen MR) is 102 cm³/mol. The number of rotatable bonds is 4. The molecule has 0 atom stereocenters. The number of hydrogen-bond donors (Lipinski definition) is 0. The van der Waals surface area contributed by atoms with Gasteiger partial charge < -0.3 is 9.47 Å². The van der Waals surface area contributed by atoms with Crippen molar-refractivity contribution in [2.75, 3.05) is 0 Å². The molecule has 1 amide bonds. The summed E-state index contributed by atoms with van der Waals surface area (Å²) < 4.78 is 4.28. The van der Waals surface area contributed by atoms with Gasteiger partial charge >= 0.3 is 0 Å². The lowest BCUT2D eigenvalue weighted by atomic mass is 9.82. The van der Waals surface area contributed by atoms with E-state index >= 15 is 0 Å². The molecule has 2 aromatic rings. The van der Waals surface area contributed by atoms with Crippen LogP contribution in [0.25, 0.3) is 0 Å². The van der Waals surface area contributed by atoms with Crippen molar-refractivity contribution in [2.24, 2.45) is 11.8 Å². The maximum absolute atomic E-state index is 13.1. The fourth-order valence-corrected chi connectivity index (χ4v) is 4.46. The Morgan fingerprint density at radius 2 is 1.85 bits per heavy atom. The fraction of sp³-hybridized carbons (Fsp3) is 0.619. The minimum atomic E-state index is 0.226. The largest absolute Gasteiger partial charge is 0.348 e. The molecule has 2 aliphatic rings. The van der Waals surface area contributed by atoms with E-state index < -0.39 is 0 Å². The number of carbonyl (C=O) groups excluding carboxylic acids is 1. The van der Waals surface area contributed by atoms with Gasteiger partial charge in [-0.25, -0.2) is 0 Å². The van der Waals surface area contributed by atoms with E-state index in [1.807, 2.05) is 12.1 Å². The standard InChI is InChI=1S/C21H30N4O/c1-15(2)25-20-14-24(21(26)17-8-6-16(3)7-9-17)12-18(20)19(22-25)13-23-10-4-5-11-23/h4-5,10-11,15-17H,6-9,12-14H2,1-3H3. The molecule has 2 aromatic heterocycles. The van der Waals surface area contributed by atoms with E-state index in [1.165, 1.54) is 24.1 Å². The molecule has 1 aliphatic heterocycles. The van der Waals surface area contributed by atoms with Gasteiger partial charge in [0, 0.05) is 36.5 Å². The van der Waals surface area contributed by atoms with E-state index in [-0.39, 0.29) is 5.92 Å². The molecule has 0 spiro atoms. The van der Waals surface area contributed by atoms with Crippen LogP contribution in [-0.2, 0) is 24.4 Å². The van der Waals surface area contributed by atoms with Crippen molar-refractivity contribution in [1.29, 1.82) is 0 Å². The molecule has 1 saturated carbocycles. The maximum atomic E-state index is 13.1. The zero-order valence-corrected chi connectivity index (χ0v) is 16.2. The first kappa shape index (κ1) is 17.4. The van der Waals surface area contributed by atoms with Crippen molar-refractivity contribution in [3.05, 3.63) is 41.5 Å². The molecule has 1 fully saturated rings. The molecule has 0 radical (unpaired) electrons. The van der Waals surface area contributed by atoms with Gasteiger partial charge in [-0.1, -0.05) is 6.92 Å². The van der Waals surface area contributed by atoms with E-state index in [4.69, 9.17) is 5.10 Å². The summed E-state index contributed by atoms with van der Waals surface area (Å²) in [6.07, 6.45) is 8.63. The fourth-order valence-electron chi connectivity index (χ4n) is 4.46. The summed E-state index contributed by atoms with van der Waals surface area (Å²) in [5, 5.41) is 4.88. The van der Waals surface area contributed by atoms with Gasteiger partial charge in [0.25, 0.3) is 0 Å². The van der Waals surface area contributed by atoms with Gasteiger partial charge in [-0.3, -0.25) is 9.48 Å². The molecule has 5 nitrogen and oxygen atoms in total. The predicted octanol–water partition coefficient (Wildman–Crippen LogP) is 3.98. The lowest BCUT2D eigenvalue weighted by molar-refractivity contribution is -0.137. The summed E-state index contributed by atoms with van der Waals surface area (Å²) in [6.45, 7) is 8.86. The number of carbonyl (C=O) groups is 1. The molecular formula is C21H30N4O.